The van der Waals surface area contributed by atoms with Crippen molar-refractivity contribution in [2.75, 3.05) is 6.61 Å². The topological polar surface area (TPSA) is 46.5 Å². The molecule has 1 N–H and O–H groups in total. The van der Waals surface area contributed by atoms with Gasteiger partial charge in [0.25, 0.3) is 0 Å². The maximum Gasteiger partial charge on any atom is 0.305 e. The first-order chi connectivity index (χ1) is 19.2. The smallest absolute Gasteiger partial charge is 0.305 e. The Morgan fingerprint density at radius 2 is 1.00 bits per heavy atom. The number of carbonyl (C=O) groups is 1. The van der Waals surface area contributed by atoms with Crippen molar-refractivity contribution in [2.45, 2.75) is 206 Å². The van der Waals surface area contributed by atoms with E-state index in [0.29, 0.717) is 13.0 Å². The van der Waals surface area contributed by atoms with Crippen LogP contribution in [0.2, 0.25) is 0 Å². The zero-order valence-corrected chi connectivity index (χ0v) is 26.7. The van der Waals surface area contributed by atoms with Crippen molar-refractivity contribution in [3.05, 3.63) is 12.2 Å². The highest BCUT2D eigenvalue weighted by molar-refractivity contribution is 5.69. The molecule has 39 heavy (non-hydrogen) atoms. The van der Waals surface area contributed by atoms with Crippen LogP contribution in [-0.2, 0) is 9.53 Å². The molecule has 0 aliphatic carbocycles. The minimum atomic E-state index is -0.165. The Labute approximate surface area is 245 Å². The largest absolute Gasteiger partial charge is 0.466 e. The predicted molar refractivity (Wildman–Crippen MR) is 171 cm³/mol. The van der Waals surface area contributed by atoms with E-state index in [9.17, 15) is 9.90 Å². The van der Waals surface area contributed by atoms with Crippen molar-refractivity contribution in [2.24, 2.45) is 0 Å². The third-order valence-electron chi connectivity index (χ3n) is 7.98. The molecular weight excluding hydrogens is 480 g/mol. The molecule has 0 heterocycles. The van der Waals surface area contributed by atoms with Crippen molar-refractivity contribution in [1.29, 1.82) is 0 Å². The molecule has 0 spiro atoms. The summed E-state index contributed by atoms with van der Waals surface area (Å²) in [7, 11) is 0. The van der Waals surface area contributed by atoms with Gasteiger partial charge in [0.1, 0.15) is 0 Å². The third kappa shape index (κ3) is 33.3. The molecule has 0 radical (unpaired) electrons. The van der Waals surface area contributed by atoms with E-state index in [4.69, 9.17) is 4.74 Å². The SMILES string of the molecule is CCCCCCCCCCCCCCCCCCOC(=O)CCCCCCC/C=C\C[C@H](O)CCCCCC. The van der Waals surface area contributed by atoms with Gasteiger partial charge in [0.15, 0.2) is 0 Å². The zero-order chi connectivity index (χ0) is 28.5. The van der Waals surface area contributed by atoms with E-state index < -0.39 is 0 Å². The lowest BCUT2D eigenvalue weighted by molar-refractivity contribution is -0.143. The Bertz CT molecular complexity index is 502. The molecule has 0 aliphatic rings. The summed E-state index contributed by atoms with van der Waals surface area (Å²) >= 11 is 0. The standard InChI is InChI=1S/C36H70O3/c1-3-5-7-9-10-11-12-13-14-15-16-17-20-23-26-30-34-39-36(38)33-29-25-22-19-18-21-24-28-32-35(37)31-27-8-6-4-2/h24,28,35,37H,3-23,25-27,29-34H2,1-2H3/b28-24-/t35-/m1/s1. The minimum Gasteiger partial charge on any atom is -0.466 e. The molecule has 0 saturated carbocycles. The number of esters is 1. The lowest BCUT2D eigenvalue weighted by Gasteiger charge is -2.07. The van der Waals surface area contributed by atoms with Gasteiger partial charge < -0.3 is 9.84 Å². The molecule has 0 rings (SSSR count). The number of rotatable bonds is 32. The first-order valence-corrected chi connectivity index (χ1v) is 17.7. The molecule has 232 valence electrons. The number of unbranched alkanes of at least 4 members (excludes halogenated alkanes) is 23. The first-order valence-electron chi connectivity index (χ1n) is 17.7. The fourth-order valence-corrected chi connectivity index (χ4v) is 5.27. The van der Waals surface area contributed by atoms with Crippen LogP contribution in [-0.4, -0.2) is 23.8 Å². The van der Waals surface area contributed by atoms with E-state index in [1.807, 2.05) is 0 Å². The molecule has 0 fully saturated rings. The zero-order valence-electron chi connectivity index (χ0n) is 26.7. The highest BCUT2D eigenvalue weighted by Crippen LogP contribution is 2.14. The molecular formula is C36H70O3. The summed E-state index contributed by atoms with van der Waals surface area (Å²) in [5.41, 5.74) is 0. The molecule has 3 heteroatoms. The van der Waals surface area contributed by atoms with Gasteiger partial charge in [-0.15, -0.1) is 0 Å². The van der Waals surface area contributed by atoms with Crippen molar-refractivity contribution in [3.8, 4) is 0 Å². The summed E-state index contributed by atoms with van der Waals surface area (Å²) in [6, 6.07) is 0. The number of aliphatic hydroxyl groups is 1. The highest BCUT2D eigenvalue weighted by atomic mass is 16.5. The summed E-state index contributed by atoms with van der Waals surface area (Å²) in [4.78, 5) is 11.9. The second kappa shape index (κ2) is 33.4. The number of carbonyl (C=O) groups excluding carboxylic acids is 1. The van der Waals surface area contributed by atoms with Crippen LogP contribution in [0.15, 0.2) is 12.2 Å². The summed E-state index contributed by atoms with van der Waals surface area (Å²) < 4.78 is 5.42. The van der Waals surface area contributed by atoms with Crippen LogP contribution >= 0.6 is 0 Å². The van der Waals surface area contributed by atoms with E-state index >= 15 is 0 Å². The third-order valence-corrected chi connectivity index (χ3v) is 7.98. The van der Waals surface area contributed by atoms with Gasteiger partial charge >= 0.3 is 5.97 Å². The Kier molecular flexibility index (Phi) is 32.7. The van der Waals surface area contributed by atoms with Crippen LogP contribution in [0.5, 0.6) is 0 Å². The van der Waals surface area contributed by atoms with Crippen LogP contribution in [0.3, 0.4) is 0 Å². The quantitative estimate of drug-likeness (QED) is 0.0514. The van der Waals surface area contributed by atoms with E-state index in [1.54, 1.807) is 0 Å². The van der Waals surface area contributed by atoms with Crippen molar-refractivity contribution in [3.63, 3.8) is 0 Å². The van der Waals surface area contributed by atoms with Crippen molar-refractivity contribution < 1.29 is 14.6 Å². The number of ether oxygens (including phenoxy) is 1. The fraction of sp³-hybridized carbons (Fsp3) is 0.917. The van der Waals surface area contributed by atoms with E-state index in [1.165, 1.54) is 135 Å². The first kappa shape index (κ1) is 38.2. The van der Waals surface area contributed by atoms with Crippen LogP contribution < -0.4 is 0 Å². The molecule has 0 aromatic heterocycles. The maximum atomic E-state index is 11.9. The summed E-state index contributed by atoms with van der Waals surface area (Å²) in [6.07, 6.45) is 40.1. The van der Waals surface area contributed by atoms with Gasteiger partial charge in [0.05, 0.1) is 12.7 Å². The predicted octanol–water partition coefficient (Wildman–Crippen LogP) is 11.8. The van der Waals surface area contributed by atoms with Gasteiger partial charge in [-0.1, -0.05) is 167 Å². The van der Waals surface area contributed by atoms with E-state index in [0.717, 1.165) is 44.9 Å². The van der Waals surface area contributed by atoms with Crippen LogP contribution in [0.25, 0.3) is 0 Å². The molecule has 0 bridgehead atoms. The molecule has 1 atom stereocenters. The second-order valence-electron chi connectivity index (χ2n) is 12.0. The molecule has 3 nitrogen and oxygen atoms in total. The summed E-state index contributed by atoms with van der Waals surface area (Å²) in [5, 5.41) is 9.98. The fourth-order valence-electron chi connectivity index (χ4n) is 5.27. The van der Waals surface area contributed by atoms with Gasteiger partial charge in [0, 0.05) is 6.42 Å². The summed E-state index contributed by atoms with van der Waals surface area (Å²) in [6.45, 7) is 5.11. The average Bonchev–Trinajstić information content (AvgIpc) is 2.93. The second-order valence-corrected chi connectivity index (χ2v) is 12.0. The van der Waals surface area contributed by atoms with Crippen LogP contribution in [0, 0.1) is 0 Å². The number of hydrogen-bond donors (Lipinski definition) is 1. The van der Waals surface area contributed by atoms with Crippen molar-refractivity contribution in [1.82, 2.24) is 0 Å². The molecule has 0 aliphatic heterocycles. The van der Waals surface area contributed by atoms with Gasteiger partial charge in [-0.3, -0.25) is 4.79 Å². The Hall–Kier alpha value is -0.830. The number of aliphatic hydroxyl groups excluding tert-OH is 1. The Morgan fingerprint density at radius 1 is 0.564 bits per heavy atom. The monoisotopic (exact) mass is 551 g/mol. The van der Waals surface area contributed by atoms with Crippen LogP contribution in [0.4, 0.5) is 0 Å². The Morgan fingerprint density at radius 3 is 1.54 bits per heavy atom. The summed E-state index contributed by atoms with van der Waals surface area (Å²) in [5.74, 6) is -0.00727. The van der Waals surface area contributed by atoms with Crippen LogP contribution in [0.1, 0.15) is 200 Å². The lowest BCUT2D eigenvalue weighted by Crippen LogP contribution is -2.05. The van der Waals surface area contributed by atoms with Gasteiger partial charge in [0.2, 0.25) is 0 Å². The minimum absolute atomic E-state index is 0.00727. The van der Waals surface area contributed by atoms with E-state index in [-0.39, 0.29) is 12.1 Å². The number of allylic oxidation sites excluding steroid dienone is 1. The number of hydrogen-bond acceptors (Lipinski definition) is 3. The maximum absolute atomic E-state index is 11.9. The van der Waals surface area contributed by atoms with Gasteiger partial charge in [-0.25, -0.2) is 0 Å². The molecule has 0 amide bonds. The highest BCUT2D eigenvalue weighted by Gasteiger charge is 2.03. The average molecular weight is 551 g/mol. The molecule has 0 saturated heterocycles. The molecule has 0 aromatic carbocycles. The molecule has 0 unspecified atom stereocenters. The lowest BCUT2D eigenvalue weighted by atomic mass is 10.0. The van der Waals surface area contributed by atoms with Gasteiger partial charge in [-0.05, 0) is 38.5 Å². The van der Waals surface area contributed by atoms with Crippen molar-refractivity contribution >= 4 is 5.97 Å². The van der Waals surface area contributed by atoms with Gasteiger partial charge in [-0.2, -0.15) is 0 Å². The van der Waals surface area contributed by atoms with E-state index in [2.05, 4.69) is 26.0 Å². The normalized spacial score (nSPS) is 12.4. The molecule has 0 aromatic rings. The Balaban J connectivity index is 3.25.